The fraction of sp³-hybridized carbons (Fsp3) is 0.182. The van der Waals surface area contributed by atoms with Crippen molar-refractivity contribution in [1.29, 1.82) is 0 Å². The number of nitro benzene ring substituents is 1. The maximum absolute atomic E-state index is 10.8. The van der Waals surface area contributed by atoms with E-state index in [1.807, 2.05) is 0 Å². The van der Waals surface area contributed by atoms with Crippen LogP contribution in [0, 0.1) is 17.0 Å². The SMILES string of the molecule is CCn1c2ccccc2c2cc(CN=Nc3ccc([N+](=O)[O-])cc3C)ccc21. The van der Waals surface area contributed by atoms with Gasteiger partial charge in [-0.2, -0.15) is 10.2 Å². The van der Waals surface area contributed by atoms with Gasteiger partial charge in [-0.1, -0.05) is 24.3 Å². The third-order valence-electron chi connectivity index (χ3n) is 4.98. The number of fused-ring (bicyclic) bond motifs is 3. The number of hydrogen-bond acceptors (Lipinski definition) is 4. The Morgan fingerprint density at radius 3 is 2.54 bits per heavy atom. The fourth-order valence-electron chi connectivity index (χ4n) is 3.60. The Balaban J connectivity index is 1.63. The van der Waals surface area contributed by atoms with E-state index in [1.165, 1.54) is 33.9 Å². The number of rotatable bonds is 5. The number of azo groups is 1. The molecule has 0 bridgehead atoms. The zero-order valence-electron chi connectivity index (χ0n) is 15.8. The molecule has 0 aliphatic heterocycles. The molecule has 1 heterocycles. The molecule has 0 amide bonds. The van der Waals surface area contributed by atoms with E-state index < -0.39 is 4.92 Å². The highest BCUT2D eigenvalue weighted by molar-refractivity contribution is 6.08. The average Bonchev–Trinajstić information content (AvgIpc) is 3.02. The molecule has 4 aromatic rings. The summed E-state index contributed by atoms with van der Waals surface area (Å²) < 4.78 is 2.32. The topological polar surface area (TPSA) is 72.8 Å². The first-order valence-electron chi connectivity index (χ1n) is 9.21. The lowest BCUT2D eigenvalue weighted by Gasteiger charge is -2.03. The summed E-state index contributed by atoms with van der Waals surface area (Å²) in [5.74, 6) is 0. The van der Waals surface area contributed by atoms with Crippen LogP contribution in [0.4, 0.5) is 11.4 Å². The van der Waals surface area contributed by atoms with E-state index in [1.54, 1.807) is 13.0 Å². The van der Waals surface area contributed by atoms with Crippen LogP contribution in [0.3, 0.4) is 0 Å². The van der Waals surface area contributed by atoms with Gasteiger partial charge in [0.05, 0.1) is 17.2 Å². The van der Waals surface area contributed by atoms with Crippen LogP contribution >= 0.6 is 0 Å². The number of aromatic nitrogens is 1. The molecule has 6 nitrogen and oxygen atoms in total. The summed E-state index contributed by atoms with van der Waals surface area (Å²) in [5.41, 5.74) is 4.98. The first-order valence-corrected chi connectivity index (χ1v) is 9.21. The summed E-state index contributed by atoms with van der Waals surface area (Å²) in [7, 11) is 0. The molecule has 0 atom stereocenters. The molecule has 0 radical (unpaired) electrons. The quantitative estimate of drug-likeness (QED) is 0.234. The van der Waals surface area contributed by atoms with Crippen molar-refractivity contribution in [1.82, 2.24) is 4.57 Å². The highest BCUT2D eigenvalue weighted by Crippen LogP contribution is 2.30. The van der Waals surface area contributed by atoms with Gasteiger partial charge in [-0.05, 0) is 49.2 Å². The number of nitro groups is 1. The van der Waals surface area contributed by atoms with E-state index in [0.717, 1.165) is 17.7 Å². The molecule has 28 heavy (non-hydrogen) atoms. The maximum atomic E-state index is 10.8. The van der Waals surface area contributed by atoms with Gasteiger partial charge in [0.1, 0.15) is 0 Å². The van der Waals surface area contributed by atoms with Crippen LogP contribution in [0.15, 0.2) is 70.9 Å². The van der Waals surface area contributed by atoms with Crippen molar-refractivity contribution >= 4 is 33.2 Å². The molecule has 0 saturated heterocycles. The molecule has 0 spiro atoms. The van der Waals surface area contributed by atoms with Crippen molar-refractivity contribution in [3.63, 3.8) is 0 Å². The summed E-state index contributed by atoms with van der Waals surface area (Å²) in [6, 6.07) is 19.4. The zero-order chi connectivity index (χ0) is 19.7. The number of para-hydroxylation sites is 1. The smallest absolute Gasteiger partial charge is 0.269 e. The lowest BCUT2D eigenvalue weighted by Crippen LogP contribution is -1.92. The van der Waals surface area contributed by atoms with Crippen molar-refractivity contribution in [2.24, 2.45) is 10.2 Å². The van der Waals surface area contributed by atoms with Gasteiger partial charge in [0.2, 0.25) is 0 Å². The largest absolute Gasteiger partial charge is 0.341 e. The Morgan fingerprint density at radius 2 is 1.79 bits per heavy atom. The highest BCUT2D eigenvalue weighted by Gasteiger charge is 2.10. The first-order chi connectivity index (χ1) is 13.6. The lowest BCUT2D eigenvalue weighted by atomic mass is 10.1. The number of benzene rings is 3. The molecule has 0 N–H and O–H groups in total. The normalized spacial score (nSPS) is 11.6. The van der Waals surface area contributed by atoms with Crippen molar-refractivity contribution < 1.29 is 4.92 Å². The third-order valence-corrected chi connectivity index (χ3v) is 4.98. The summed E-state index contributed by atoms with van der Waals surface area (Å²) in [6.45, 7) is 5.33. The average molecular weight is 372 g/mol. The van der Waals surface area contributed by atoms with Crippen LogP contribution in [-0.4, -0.2) is 9.49 Å². The van der Waals surface area contributed by atoms with E-state index in [9.17, 15) is 10.1 Å². The van der Waals surface area contributed by atoms with Crippen LogP contribution in [-0.2, 0) is 13.1 Å². The Morgan fingerprint density at radius 1 is 1.00 bits per heavy atom. The van der Waals surface area contributed by atoms with E-state index in [4.69, 9.17) is 0 Å². The second-order valence-corrected chi connectivity index (χ2v) is 6.74. The minimum absolute atomic E-state index is 0.0641. The van der Waals surface area contributed by atoms with E-state index >= 15 is 0 Å². The van der Waals surface area contributed by atoms with Crippen molar-refractivity contribution in [2.45, 2.75) is 26.9 Å². The van der Waals surface area contributed by atoms with E-state index in [2.05, 4.69) is 64.2 Å². The van der Waals surface area contributed by atoms with Gasteiger partial charge >= 0.3 is 0 Å². The predicted molar refractivity (Wildman–Crippen MR) is 111 cm³/mol. The van der Waals surface area contributed by atoms with Gasteiger partial charge in [-0.3, -0.25) is 10.1 Å². The van der Waals surface area contributed by atoms with Gasteiger partial charge < -0.3 is 4.57 Å². The molecule has 0 saturated carbocycles. The molecule has 1 aromatic heterocycles. The van der Waals surface area contributed by atoms with Crippen molar-refractivity contribution in [2.75, 3.05) is 0 Å². The van der Waals surface area contributed by atoms with Gasteiger partial charge in [0.15, 0.2) is 0 Å². The van der Waals surface area contributed by atoms with Crippen LogP contribution in [0.5, 0.6) is 0 Å². The Bertz CT molecular complexity index is 1220. The lowest BCUT2D eigenvalue weighted by molar-refractivity contribution is -0.384. The fourth-order valence-corrected chi connectivity index (χ4v) is 3.60. The minimum Gasteiger partial charge on any atom is -0.341 e. The number of hydrogen-bond donors (Lipinski definition) is 0. The van der Waals surface area contributed by atoms with Crippen molar-refractivity contribution in [3.8, 4) is 0 Å². The monoisotopic (exact) mass is 372 g/mol. The summed E-state index contributed by atoms with van der Waals surface area (Å²) >= 11 is 0. The van der Waals surface area contributed by atoms with Crippen LogP contribution in [0.2, 0.25) is 0 Å². The Labute approximate surface area is 162 Å². The summed E-state index contributed by atoms with van der Waals surface area (Å²) in [5, 5.41) is 21.9. The van der Waals surface area contributed by atoms with Crippen LogP contribution in [0.1, 0.15) is 18.1 Å². The molecule has 3 aromatic carbocycles. The highest BCUT2D eigenvalue weighted by atomic mass is 16.6. The molecule has 6 heteroatoms. The van der Waals surface area contributed by atoms with Gasteiger partial charge in [-0.25, -0.2) is 0 Å². The molecule has 4 rings (SSSR count). The number of non-ortho nitro benzene ring substituents is 1. The van der Waals surface area contributed by atoms with Gasteiger partial charge in [0, 0.05) is 40.5 Å². The second kappa shape index (κ2) is 7.23. The molecule has 0 fully saturated rings. The van der Waals surface area contributed by atoms with Crippen LogP contribution < -0.4 is 0 Å². The van der Waals surface area contributed by atoms with E-state index in [0.29, 0.717) is 12.2 Å². The third kappa shape index (κ3) is 3.13. The summed E-state index contributed by atoms with van der Waals surface area (Å²) in [6.07, 6.45) is 0. The van der Waals surface area contributed by atoms with E-state index in [-0.39, 0.29) is 5.69 Å². The number of aryl methyl sites for hydroxylation is 2. The van der Waals surface area contributed by atoms with Crippen LogP contribution in [0.25, 0.3) is 21.8 Å². The molecule has 0 aliphatic rings. The maximum Gasteiger partial charge on any atom is 0.269 e. The molecular weight excluding hydrogens is 352 g/mol. The van der Waals surface area contributed by atoms with Crippen molar-refractivity contribution in [3.05, 3.63) is 81.9 Å². The first kappa shape index (κ1) is 17.9. The number of nitrogens with zero attached hydrogens (tertiary/aromatic N) is 4. The second-order valence-electron chi connectivity index (χ2n) is 6.74. The molecule has 0 unspecified atom stereocenters. The Kier molecular flexibility index (Phi) is 4.61. The van der Waals surface area contributed by atoms with Gasteiger partial charge in [0.25, 0.3) is 5.69 Å². The summed E-state index contributed by atoms with van der Waals surface area (Å²) in [4.78, 5) is 10.4. The molecule has 140 valence electrons. The zero-order valence-corrected chi connectivity index (χ0v) is 15.8. The predicted octanol–water partition coefficient (Wildman–Crippen LogP) is 6.31. The minimum atomic E-state index is -0.407. The Hall–Kier alpha value is -3.54. The molecular formula is C22H20N4O2. The molecule has 0 aliphatic carbocycles. The standard InChI is InChI=1S/C22H20N4O2/c1-3-25-21-7-5-4-6-18(21)19-13-16(8-11-22(19)25)14-23-24-20-10-9-17(26(27)28)12-15(20)2/h4-13H,3,14H2,1-2H3. The van der Waals surface area contributed by atoms with Gasteiger partial charge in [-0.15, -0.1) is 0 Å².